The normalized spacial score (nSPS) is 12.3. The van der Waals surface area contributed by atoms with Gasteiger partial charge in [0, 0.05) is 17.1 Å². The van der Waals surface area contributed by atoms with Gasteiger partial charge in [0.2, 0.25) is 5.82 Å². The topological polar surface area (TPSA) is 82.8 Å². The lowest BCUT2D eigenvalue weighted by molar-refractivity contribution is -0.148. The lowest BCUT2D eigenvalue weighted by atomic mass is 10.1. The van der Waals surface area contributed by atoms with Gasteiger partial charge < -0.3 is 4.74 Å². The monoisotopic (exact) mass is 311 g/mol. The van der Waals surface area contributed by atoms with Gasteiger partial charge in [-0.25, -0.2) is 4.79 Å². The third-order valence-corrected chi connectivity index (χ3v) is 3.51. The highest BCUT2D eigenvalue weighted by atomic mass is 16.5. The molecular formula is C16H17N5O2. The standard InChI is InChI=1S/C16H17N5O2/c1-3-14(16(22)23-4-2)21-19-15(18-20-21)12-7-8-13-11(10-12)6-5-9-17-13/h5-10,14H,3-4H2,1-2H3/t14-/m1/s1. The first kappa shape index (κ1) is 15.1. The van der Waals surface area contributed by atoms with Gasteiger partial charge in [-0.2, -0.15) is 0 Å². The third-order valence-electron chi connectivity index (χ3n) is 3.51. The molecule has 0 unspecified atom stereocenters. The number of nitrogens with zero attached hydrogens (tertiary/aromatic N) is 5. The zero-order valence-corrected chi connectivity index (χ0v) is 13.0. The number of ether oxygens (including phenoxy) is 1. The average molecular weight is 311 g/mol. The minimum absolute atomic E-state index is 0.328. The molecule has 0 amide bonds. The molecule has 2 aromatic heterocycles. The largest absolute Gasteiger partial charge is 0.464 e. The first-order valence-electron chi connectivity index (χ1n) is 7.54. The quantitative estimate of drug-likeness (QED) is 0.673. The van der Waals surface area contributed by atoms with Crippen LogP contribution in [0.5, 0.6) is 0 Å². The zero-order chi connectivity index (χ0) is 16.2. The second kappa shape index (κ2) is 6.51. The fourth-order valence-corrected chi connectivity index (χ4v) is 2.35. The Labute approximate surface area is 133 Å². The summed E-state index contributed by atoms with van der Waals surface area (Å²) < 4.78 is 5.05. The molecule has 0 spiro atoms. The second-order valence-corrected chi connectivity index (χ2v) is 5.02. The van der Waals surface area contributed by atoms with Gasteiger partial charge in [0.1, 0.15) is 0 Å². The van der Waals surface area contributed by atoms with Gasteiger partial charge in [-0.3, -0.25) is 4.98 Å². The highest BCUT2D eigenvalue weighted by Crippen LogP contribution is 2.21. The molecule has 0 aliphatic carbocycles. The van der Waals surface area contributed by atoms with Gasteiger partial charge in [-0.05, 0) is 42.8 Å². The molecule has 7 heteroatoms. The second-order valence-electron chi connectivity index (χ2n) is 5.02. The number of carbonyl (C=O) groups is 1. The maximum atomic E-state index is 11.9. The van der Waals surface area contributed by atoms with E-state index in [1.807, 2.05) is 37.3 Å². The van der Waals surface area contributed by atoms with Gasteiger partial charge in [0.05, 0.1) is 12.1 Å². The number of fused-ring (bicyclic) bond motifs is 1. The fourth-order valence-electron chi connectivity index (χ4n) is 2.35. The summed E-state index contributed by atoms with van der Waals surface area (Å²) in [6.45, 7) is 3.98. The third kappa shape index (κ3) is 3.03. The van der Waals surface area contributed by atoms with Crippen LogP contribution in [0.25, 0.3) is 22.3 Å². The van der Waals surface area contributed by atoms with E-state index < -0.39 is 6.04 Å². The van der Waals surface area contributed by atoms with Crippen LogP contribution in [-0.2, 0) is 9.53 Å². The van der Waals surface area contributed by atoms with Crippen LogP contribution < -0.4 is 0 Å². The van der Waals surface area contributed by atoms with Crippen LogP contribution in [0, 0.1) is 0 Å². The van der Waals surface area contributed by atoms with Crippen LogP contribution >= 0.6 is 0 Å². The predicted molar refractivity (Wildman–Crippen MR) is 84.5 cm³/mol. The first-order valence-corrected chi connectivity index (χ1v) is 7.54. The molecule has 7 nitrogen and oxygen atoms in total. The Morgan fingerprint density at radius 1 is 1.30 bits per heavy atom. The van der Waals surface area contributed by atoms with Crippen LogP contribution in [0.3, 0.4) is 0 Å². The molecular weight excluding hydrogens is 294 g/mol. The van der Waals surface area contributed by atoms with Crippen molar-refractivity contribution in [2.24, 2.45) is 0 Å². The van der Waals surface area contributed by atoms with Crippen LogP contribution in [0.15, 0.2) is 36.5 Å². The Balaban J connectivity index is 1.92. The van der Waals surface area contributed by atoms with Crippen LogP contribution in [-0.4, -0.2) is 37.8 Å². The van der Waals surface area contributed by atoms with E-state index in [4.69, 9.17) is 4.74 Å². The van der Waals surface area contributed by atoms with E-state index in [0.29, 0.717) is 18.9 Å². The summed E-state index contributed by atoms with van der Waals surface area (Å²) in [7, 11) is 0. The number of hydrogen-bond acceptors (Lipinski definition) is 6. The van der Waals surface area contributed by atoms with Gasteiger partial charge in [0.15, 0.2) is 6.04 Å². The fraction of sp³-hybridized carbons (Fsp3) is 0.312. The zero-order valence-electron chi connectivity index (χ0n) is 13.0. The summed E-state index contributed by atoms with van der Waals surface area (Å²) in [5.74, 6) is 0.125. The smallest absolute Gasteiger partial charge is 0.332 e. The van der Waals surface area contributed by atoms with Gasteiger partial charge in [-0.1, -0.05) is 13.0 Å². The molecule has 0 aliphatic heterocycles. The highest BCUT2D eigenvalue weighted by Gasteiger charge is 2.23. The maximum absolute atomic E-state index is 11.9. The van der Waals surface area contributed by atoms with Crippen molar-refractivity contribution in [3.8, 4) is 11.4 Å². The SMILES string of the molecule is CCOC(=O)[C@@H](CC)n1nnc(-c2ccc3ncccc3c2)n1. The van der Waals surface area contributed by atoms with Crippen molar-refractivity contribution in [3.63, 3.8) is 0 Å². The Kier molecular flexibility index (Phi) is 4.27. The Morgan fingerprint density at radius 3 is 2.96 bits per heavy atom. The van der Waals surface area contributed by atoms with Crippen LogP contribution in [0.4, 0.5) is 0 Å². The molecule has 2 heterocycles. The number of pyridine rings is 1. The lowest BCUT2D eigenvalue weighted by Gasteiger charge is -2.11. The van der Waals surface area contributed by atoms with Gasteiger partial charge in [0.25, 0.3) is 0 Å². The van der Waals surface area contributed by atoms with Crippen LogP contribution in [0.1, 0.15) is 26.3 Å². The van der Waals surface area contributed by atoms with E-state index in [0.717, 1.165) is 16.5 Å². The average Bonchev–Trinajstić information content (AvgIpc) is 3.05. The van der Waals surface area contributed by atoms with E-state index in [2.05, 4.69) is 20.4 Å². The molecule has 1 aromatic carbocycles. The maximum Gasteiger partial charge on any atom is 0.332 e. The molecule has 3 rings (SSSR count). The Hall–Kier alpha value is -2.83. The molecule has 0 aliphatic rings. The Morgan fingerprint density at radius 2 is 2.17 bits per heavy atom. The number of aromatic nitrogens is 5. The molecule has 1 atom stereocenters. The predicted octanol–water partition coefficient (Wildman–Crippen LogP) is 2.40. The molecule has 118 valence electrons. The van der Waals surface area contributed by atoms with E-state index in [-0.39, 0.29) is 5.97 Å². The van der Waals surface area contributed by atoms with Crippen molar-refractivity contribution in [2.75, 3.05) is 6.61 Å². The van der Waals surface area contributed by atoms with E-state index in [1.165, 1.54) is 4.80 Å². The van der Waals surface area contributed by atoms with Gasteiger partial charge >= 0.3 is 5.97 Å². The first-order chi connectivity index (χ1) is 11.2. The van der Waals surface area contributed by atoms with Crippen molar-refractivity contribution in [1.82, 2.24) is 25.2 Å². The number of rotatable bonds is 5. The summed E-state index contributed by atoms with van der Waals surface area (Å²) in [5.41, 5.74) is 1.73. The van der Waals surface area contributed by atoms with E-state index >= 15 is 0 Å². The molecule has 23 heavy (non-hydrogen) atoms. The van der Waals surface area contributed by atoms with Crippen molar-refractivity contribution in [3.05, 3.63) is 36.5 Å². The van der Waals surface area contributed by atoms with Crippen molar-refractivity contribution >= 4 is 16.9 Å². The van der Waals surface area contributed by atoms with Crippen molar-refractivity contribution in [1.29, 1.82) is 0 Å². The lowest BCUT2D eigenvalue weighted by Crippen LogP contribution is -2.23. The highest BCUT2D eigenvalue weighted by molar-refractivity contribution is 5.83. The summed E-state index contributed by atoms with van der Waals surface area (Å²) in [6.07, 6.45) is 2.29. The number of esters is 1. The van der Waals surface area contributed by atoms with Crippen molar-refractivity contribution < 1.29 is 9.53 Å². The summed E-state index contributed by atoms with van der Waals surface area (Å²) in [5, 5.41) is 13.4. The molecule has 0 radical (unpaired) electrons. The molecule has 0 N–H and O–H groups in total. The number of carbonyl (C=O) groups excluding carboxylic acids is 1. The summed E-state index contributed by atoms with van der Waals surface area (Å²) >= 11 is 0. The molecule has 0 saturated carbocycles. The minimum atomic E-state index is -0.557. The number of hydrogen-bond donors (Lipinski definition) is 0. The summed E-state index contributed by atoms with van der Waals surface area (Å²) in [6, 6.07) is 9.05. The number of benzene rings is 1. The van der Waals surface area contributed by atoms with E-state index in [1.54, 1.807) is 13.1 Å². The summed E-state index contributed by atoms with van der Waals surface area (Å²) in [4.78, 5) is 17.5. The molecule has 0 fully saturated rings. The van der Waals surface area contributed by atoms with E-state index in [9.17, 15) is 4.79 Å². The molecule has 0 bridgehead atoms. The number of tetrazole rings is 1. The molecule has 0 saturated heterocycles. The Bertz CT molecular complexity index is 830. The van der Waals surface area contributed by atoms with Gasteiger partial charge in [-0.15, -0.1) is 15.0 Å². The van der Waals surface area contributed by atoms with Crippen molar-refractivity contribution in [2.45, 2.75) is 26.3 Å². The minimum Gasteiger partial charge on any atom is -0.464 e. The van der Waals surface area contributed by atoms with Crippen LogP contribution in [0.2, 0.25) is 0 Å². The molecule has 3 aromatic rings.